The predicted octanol–water partition coefficient (Wildman–Crippen LogP) is 5.50. The molecular weight excluding hydrogens is 364 g/mol. The van der Waals surface area contributed by atoms with Crippen LogP contribution in [0.3, 0.4) is 0 Å². The number of carbonyl (C=O) groups is 1. The highest BCUT2D eigenvalue weighted by molar-refractivity contribution is 7.85. The van der Waals surface area contributed by atoms with Crippen LogP contribution < -0.4 is 0 Å². The number of rotatable bonds is 18. The van der Waals surface area contributed by atoms with Crippen LogP contribution in [-0.2, 0) is 19.6 Å². The Hall–Kier alpha value is -0.880. The highest BCUT2D eigenvalue weighted by atomic mass is 32.2. The predicted molar refractivity (Wildman–Crippen MR) is 110 cm³/mol. The normalized spacial score (nSPS) is 12.1. The first kappa shape index (κ1) is 26.1. The maximum Gasteiger partial charge on any atom is 0.306 e. The van der Waals surface area contributed by atoms with Crippen molar-refractivity contribution in [1.82, 2.24) is 0 Å². The second-order valence-corrected chi connectivity index (χ2v) is 9.01. The third-order valence-corrected chi connectivity index (χ3v) is 5.09. The lowest BCUT2D eigenvalue weighted by atomic mass is 10.1. The molecule has 0 aliphatic heterocycles. The first-order valence-corrected chi connectivity index (χ1v) is 12.2. The molecule has 0 aliphatic rings. The zero-order valence-electron chi connectivity index (χ0n) is 17.3. The van der Waals surface area contributed by atoms with Gasteiger partial charge in [-0.3, -0.25) is 4.79 Å². The van der Waals surface area contributed by atoms with Crippen molar-refractivity contribution in [1.29, 1.82) is 0 Å². The number of carbonyl (C=O) groups excluding carboxylic acids is 1. The molecule has 0 fully saturated rings. The number of hydrogen-bond acceptors (Lipinski definition) is 5. The molecule has 6 heteroatoms. The van der Waals surface area contributed by atoms with Gasteiger partial charge < -0.3 is 9.29 Å². The van der Waals surface area contributed by atoms with Crippen LogP contribution >= 0.6 is 0 Å². The number of allylic oxidation sites excluding steroid dienone is 2. The summed E-state index contributed by atoms with van der Waals surface area (Å²) < 4.78 is 36.5. The molecular formula is C21H39O5S-. The van der Waals surface area contributed by atoms with Crippen LogP contribution in [0.2, 0.25) is 0 Å². The van der Waals surface area contributed by atoms with Gasteiger partial charge in [0.1, 0.15) is 0 Å². The summed E-state index contributed by atoms with van der Waals surface area (Å²) in [6.07, 6.45) is 18.7. The molecule has 0 rings (SSSR count). The van der Waals surface area contributed by atoms with E-state index in [-0.39, 0.29) is 17.8 Å². The summed E-state index contributed by atoms with van der Waals surface area (Å²) in [6.45, 7) is 3.75. The maximum atomic E-state index is 11.4. The molecule has 27 heavy (non-hydrogen) atoms. The zero-order chi connectivity index (χ0) is 20.4. The lowest BCUT2D eigenvalue weighted by Crippen LogP contribution is -2.10. The van der Waals surface area contributed by atoms with Gasteiger partial charge in [0.05, 0.1) is 16.2 Å². The van der Waals surface area contributed by atoms with Gasteiger partial charge in [-0.1, -0.05) is 57.1 Å². The van der Waals surface area contributed by atoms with E-state index in [1.165, 1.54) is 25.7 Å². The smallest absolute Gasteiger partial charge is 0.306 e. The molecule has 0 aromatic heterocycles. The maximum absolute atomic E-state index is 11.4. The molecule has 0 heterocycles. The Balaban J connectivity index is 3.24. The highest BCUT2D eigenvalue weighted by Gasteiger charge is 2.04. The minimum Gasteiger partial charge on any atom is -0.748 e. The van der Waals surface area contributed by atoms with Crippen LogP contribution in [0, 0.1) is 0 Å². The second kappa shape index (κ2) is 17.2. The number of unbranched alkanes of at least 4 members (excludes halogenated alkanes) is 11. The average molecular weight is 404 g/mol. The number of ether oxygens (including phenoxy) is 1. The van der Waals surface area contributed by atoms with Crippen molar-refractivity contribution in [3.63, 3.8) is 0 Å². The van der Waals surface area contributed by atoms with Gasteiger partial charge >= 0.3 is 5.97 Å². The molecule has 0 aliphatic carbocycles. The average Bonchev–Trinajstić information content (AvgIpc) is 2.56. The third kappa shape index (κ3) is 23.1. The van der Waals surface area contributed by atoms with E-state index in [1.54, 1.807) is 0 Å². The van der Waals surface area contributed by atoms with Crippen molar-refractivity contribution in [2.75, 3.05) is 5.75 Å². The van der Waals surface area contributed by atoms with Gasteiger partial charge in [-0.05, 0) is 52.4 Å². The van der Waals surface area contributed by atoms with Crippen molar-refractivity contribution in [2.45, 2.75) is 110 Å². The Morgan fingerprint density at radius 3 is 1.74 bits per heavy atom. The van der Waals surface area contributed by atoms with E-state index in [0.29, 0.717) is 12.8 Å². The molecule has 0 saturated heterocycles. The third-order valence-electron chi connectivity index (χ3n) is 4.30. The molecule has 0 atom stereocenters. The molecule has 5 nitrogen and oxygen atoms in total. The van der Waals surface area contributed by atoms with Crippen LogP contribution in [0.4, 0.5) is 0 Å². The molecule has 160 valence electrons. The van der Waals surface area contributed by atoms with Crippen molar-refractivity contribution in [3.8, 4) is 0 Å². The SMILES string of the molecule is CC(C)OC(=O)CCCCCCC/C=C\CCCCCCCCS(=O)(=O)[O-]. The summed E-state index contributed by atoms with van der Waals surface area (Å²) in [5.41, 5.74) is 0. The van der Waals surface area contributed by atoms with Gasteiger partial charge in [0.2, 0.25) is 0 Å². The summed E-state index contributed by atoms with van der Waals surface area (Å²) in [7, 11) is -4.03. The Labute approximate surface area is 166 Å². The fourth-order valence-electron chi connectivity index (χ4n) is 2.87. The first-order valence-electron chi connectivity index (χ1n) is 10.6. The van der Waals surface area contributed by atoms with E-state index in [0.717, 1.165) is 51.4 Å². The number of hydrogen-bond donors (Lipinski definition) is 0. The van der Waals surface area contributed by atoms with E-state index in [2.05, 4.69) is 12.2 Å². The van der Waals surface area contributed by atoms with Crippen molar-refractivity contribution < 1.29 is 22.5 Å². The molecule has 0 unspecified atom stereocenters. The number of esters is 1. The molecule has 0 N–H and O–H groups in total. The molecule has 0 radical (unpaired) electrons. The van der Waals surface area contributed by atoms with Crippen LogP contribution in [0.25, 0.3) is 0 Å². The lowest BCUT2D eigenvalue weighted by molar-refractivity contribution is -0.147. The van der Waals surface area contributed by atoms with Gasteiger partial charge in [0.15, 0.2) is 0 Å². The molecule has 0 aromatic rings. The van der Waals surface area contributed by atoms with E-state index < -0.39 is 10.1 Å². The van der Waals surface area contributed by atoms with Crippen molar-refractivity contribution in [3.05, 3.63) is 12.2 Å². The molecule has 0 saturated carbocycles. The quantitative estimate of drug-likeness (QED) is 0.131. The highest BCUT2D eigenvalue weighted by Crippen LogP contribution is 2.10. The standard InChI is InChI=1S/C21H40O5S/c1-20(2)26-21(22)18-16-14-12-10-8-6-4-3-5-7-9-11-13-15-17-19-27(23,24)25/h3-4,20H,5-19H2,1-2H3,(H,23,24,25)/p-1/b4-3-. The van der Waals surface area contributed by atoms with Crippen molar-refractivity contribution >= 4 is 16.1 Å². The Kier molecular flexibility index (Phi) is 16.7. The summed E-state index contributed by atoms with van der Waals surface area (Å²) in [4.78, 5) is 11.4. The lowest BCUT2D eigenvalue weighted by Gasteiger charge is -2.07. The largest absolute Gasteiger partial charge is 0.748 e. The Bertz CT molecular complexity index is 483. The topological polar surface area (TPSA) is 83.5 Å². The Morgan fingerprint density at radius 1 is 0.815 bits per heavy atom. The summed E-state index contributed by atoms with van der Waals surface area (Å²) in [5, 5.41) is 0. The van der Waals surface area contributed by atoms with Crippen LogP contribution in [0.15, 0.2) is 12.2 Å². The van der Waals surface area contributed by atoms with Gasteiger partial charge in [0.25, 0.3) is 0 Å². The van der Waals surface area contributed by atoms with E-state index in [9.17, 15) is 17.8 Å². The monoisotopic (exact) mass is 403 g/mol. The first-order chi connectivity index (χ1) is 12.8. The van der Waals surface area contributed by atoms with Crippen LogP contribution in [-0.4, -0.2) is 30.8 Å². The van der Waals surface area contributed by atoms with Gasteiger partial charge in [0, 0.05) is 12.2 Å². The van der Waals surface area contributed by atoms with E-state index in [1.807, 2.05) is 13.8 Å². The van der Waals surface area contributed by atoms with E-state index in [4.69, 9.17) is 4.74 Å². The van der Waals surface area contributed by atoms with Gasteiger partial charge in [-0.25, -0.2) is 8.42 Å². The minimum absolute atomic E-state index is 0.0138. The van der Waals surface area contributed by atoms with Crippen LogP contribution in [0.1, 0.15) is 104 Å². The fraction of sp³-hybridized carbons (Fsp3) is 0.857. The van der Waals surface area contributed by atoms with Crippen LogP contribution in [0.5, 0.6) is 0 Å². The van der Waals surface area contributed by atoms with E-state index >= 15 is 0 Å². The zero-order valence-corrected chi connectivity index (χ0v) is 18.1. The van der Waals surface area contributed by atoms with Gasteiger partial charge in [-0.15, -0.1) is 0 Å². The van der Waals surface area contributed by atoms with Gasteiger partial charge in [-0.2, -0.15) is 0 Å². The molecule has 0 aromatic carbocycles. The molecule has 0 amide bonds. The summed E-state index contributed by atoms with van der Waals surface area (Å²) in [6, 6.07) is 0. The molecule has 0 bridgehead atoms. The minimum atomic E-state index is -4.03. The second-order valence-electron chi connectivity index (χ2n) is 7.49. The fourth-order valence-corrected chi connectivity index (χ4v) is 3.43. The molecule has 0 spiro atoms. The van der Waals surface area contributed by atoms with Crippen molar-refractivity contribution in [2.24, 2.45) is 0 Å². The summed E-state index contributed by atoms with van der Waals surface area (Å²) in [5.74, 6) is -0.302. The Morgan fingerprint density at radius 2 is 1.26 bits per heavy atom. The summed E-state index contributed by atoms with van der Waals surface area (Å²) >= 11 is 0.